The van der Waals surface area contributed by atoms with Crippen molar-refractivity contribution in [2.24, 2.45) is 5.73 Å². The van der Waals surface area contributed by atoms with E-state index in [9.17, 15) is 4.79 Å². The van der Waals surface area contributed by atoms with Crippen LogP contribution in [-0.4, -0.2) is 22.7 Å². The average Bonchev–Trinajstić information content (AvgIpc) is 3.20. The maximum Gasteiger partial charge on any atom is 0.265 e. The maximum atomic E-state index is 12.2. The molecule has 7 heteroatoms. The van der Waals surface area contributed by atoms with Gasteiger partial charge in [0.2, 0.25) is 5.89 Å². The Balaban J connectivity index is 1.59. The summed E-state index contributed by atoms with van der Waals surface area (Å²) in [7, 11) is 0. The number of ether oxygens (including phenoxy) is 1. The number of benzene rings is 1. The molecule has 7 nitrogen and oxygen atoms in total. The predicted octanol–water partition coefficient (Wildman–Crippen LogP) is 1.72. The van der Waals surface area contributed by atoms with Crippen LogP contribution in [0.3, 0.4) is 0 Å². The molecule has 1 fully saturated rings. The van der Waals surface area contributed by atoms with Gasteiger partial charge >= 0.3 is 0 Å². The van der Waals surface area contributed by atoms with Gasteiger partial charge < -0.3 is 15.0 Å². The van der Waals surface area contributed by atoms with Crippen LogP contribution in [0.2, 0.25) is 0 Å². The Bertz CT molecular complexity index is 736. The van der Waals surface area contributed by atoms with E-state index in [1.807, 2.05) is 24.3 Å². The monoisotopic (exact) mass is 314 g/mol. The number of fused-ring (bicyclic) bond motifs is 1. The molecule has 120 valence electrons. The number of rotatable bonds is 3. The Morgan fingerprint density at radius 1 is 1.26 bits per heavy atom. The molecule has 1 saturated carbocycles. The van der Waals surface area contributed by atoms with Crippen LogP contribution in [0.1, 0.15) is 37.4 Å². The van der Waals surface area contributed by atoms with Gasteiger partial charge in [-0.2, -0.15) is 4.98 Å². The van der Waals surface area contributed by atoms with Crippen molar-refractivity contribution in [3.8, 4) is 5.75 Å². The minimum absolute atomic E-state index is 0.0127. The average molecular weight is 314 g/mol. The minimum Gasteiger partial charge on any atom is -0.482 e. The Kier molecular flexibility index (Phi) is 3.30. The molecule has 2 heterocycles. The normalized spacial score (nSPS) is 19.5. The topological polar surface area (TPSA) is 94.5 Å². The molecule has 1 aromatic carbocycles. The number of hydrogen-bond donors (Lipinski definition) is 1. The number of carbonyl (C=O) groups excluding carboxylic acids is 1. The molecule has 2 aliphatic rings. The molecule has 1 aromatic heterocycles. The second-order valence-corrected chi connectivity index (χ2v) is 6.11. The van der Waals surface area contributed by atoms with Crippen molar-refractivity contribution in [2.45, 2.75) is 37.8 Å². The fourth-order valence-electron chi connectivity index (χ4n) is 3.21. The van der Waals surface area contributed by atoms with E-state index in [4.69, 9.17) is 15.0 Å². The summed E-state index contributed by atoms with van der Waals surface area (Å²) in [6, 6.07) is 7.41. The zero-order valence-electron chi connectivity index (χ0n) is 12.7. The third-order valence-electron chi connectivity index (χ3n) is 4.51. The Morgan fingerprint density at radius 2 is 2.04 bits per heavy atom. The summed E-state index contributed by atoms with van der Waals surface area (Å²) in [6.45, 7) is 0.237. The summed E-state index contributed by atoms with van der Waals surface area (Å²) in [4.78, 5) is 18.2. The van der Waals surface area contributed by atoms with E-state index in [0.717, 1.165) is 25.7 Å². The summed E-state index contributed by atoms with van der Waals surface area (Å²) >= 11 is 0. The van der Waals surface area contributed by atoms with Crippen LogP contribution >= 0.6 is 0 Å². The van der Waals surface area contributed by atoms with Gasteiger partial charge in [0.25, 0.3) is 5.91 Å². The van der Waals surface area contributed by atoms with Crippen molar-refractivity contribution < 1.29 is 14.1 Å². The fraction of sp³-hybridized carbons (Fsp3) is 0.438. The highest BCUT2D eigenvalue weighted by atomic mass is 16.5. The molecule has 0 atom stereocenters. The van der Waals surface area contributed by atoms with Gasteiger partial charge in [-0.1, -0.05) is 30.1 Å². The summed E-state index contributed by atoms with van der Waals surface area (Å²) in [5, 5.41) is 4.04. The third kappa shape index (κ3) is 2.46. The number of hydrogen-bond acceptors (Lipinski definition) is 6. The quantitative estimate of drug-likeness (QED) is 0.927. The largest absolute Gasteiger partial charge is 0.482 e. The van der Waals surface area contributed by atoms with Gasteiger partial charge in [0.1, 0.15) is 12.3 Å². The van der Waals surface area contributed by atoms with E-state index >= 15 is 0 Å². The highest BCUT2D eigenvalue weighted by molar-refractivity contribution is 5.97. The van der Waals surface area contributed by atoms with Crippen LogP contribution in [0.5, 0.6) is 5.75 Å². The molecule has 2 aromatic rings. The molecule has 0 radical (unpaired) electrons. The number of anilines is 1. The van der Waals surface area contributed by atoms with Gasteiger partial charge in [-0.15, -0.1) is 0 Å². The predicted molar refractivity (Wildman–Crippen MR) is 81.8 cm³/mol. The summed E-state index contributed by atoms with van der Waals surface area (Å²) < 4.78 is 10.8. The van der Waals surface area contributed by atoms with Crippen LogP contribution in [0.25, 0.3) is 0 Å². The van der Waals surface area contributed by atoms with E-state index in [1.54, 1.807) is 4.90 Å². The first-order chi connectivity index (χ1) is 11.2. The van der Waals surface area contributed by atoms with Crippen molar-refractivity contribution >= 4 is 11.6 Å². The van der Waals surface area contributed by atoms with Gasteiger partial charge in [-0.05, 0) is 25.0 Å². The lowest BCUT2D eigenvalue weighted by atomic mass is 9.99. The first-order valence-electron chi connectivity index (χ1n) is 7.80. The number of para-hydroxylation sites is 2. The molecule has 0 bridgehead atoms. The smallest absolute Gasteiger partial charge is 0.265 e. The van der Waals surface area contributed by atoms with Crippen LogP contribution in [0.15, 0.2) is 28.8 Å². The molecule has 1 amide bonds. The molecular weight excluding hydrogens is 296 g/mol. The van der Waals surface area contributed by atoms with Crippen molar-refractivity contribution in [1.29, 1.82) is 0 Å². The van der Waals surface area contributed by atoms with Crippen LogP contribution in [0.4, 0.5) is 5.69 Å². The Hall–Kier alpha value is -2.41. The van der Waals surface area contributed by atoms with Crippen molar-refractivity contribution in [3.05, 3.63) is 36.0 Å². The van der Waals surface area contributed by atoms with Crippen LogP contribution in [0, 0.1) is 0 Å². The van der Waals surface area contributed by atoms with E-state index in [1.165, 1.54) is 0 Å². The van der Waals surface area contributed by atoms with E-state index in [2.05, 4.69) is 10.1 Å². The highest BCUT2D eigenvalue weighted by Crippen LogP contribution is 2.35. The first-order valence-corrected chi connectivity index (χ1v) is 7.80. The molecular formula is C16H18N4O3. The van der Waals surface area contributed by atoms with E-state index < -0.39 is 5.54 Å². The van der Waals surface area contributed by atoms with Gasteiger partial charge in [0.15, 0.2) is 12.4 Å². The zero-order valence-corrected chi connectivity index (χ0v) is 12.7. The number of nitrogens with zero attached hydrogens (tertiary/aromatic N) is 3. The summed E-state index contributed by atoms with van der Waals surface area (Å²) in [5.74, 6) is 1.48. The second kappa shape index (κ2) is 5.34. The van der Waals surface area contributed by atoms with E-state index in [-0.39, 0.29) is 19.1 Å². The molecule has 0 unspecified atom stereocenters. The maximum absolute atomic E-state index is 12.2. The standard InChI is InChI=1S/C16H18N4O3/c17-16(7-3-4-8-16)15-18-13(23-19-15)9-20-11-5-1-2-6-12(11)22-10-14(20)21/h1-2,5-6H,3-4,7-10,17H2. The van der Waals surface area contributed by atoms with Gasteiger partial charge in [-0.25, -0.2) is 0 Å². The fourth-order valence-corrected chi connectivity index (χ4v) is 3.21. The van der Waals surface area contributed by atoms with Crippen LogP contribution in [-0.2, 0) is 16.9 Å². The molecule has 1 aliphatic heterocycles. The number of amides is 1. The lowest BCUT2D eigenvalue weighted by Crippen LogP contribution is -2.38. The van der Waals surface area contributed by atoms with Gasteiger partial charge in [-0.3, -0.25) is 9.69 Å². The minimum atomic E-state index is -0.491. The van der Waals surface area contributed by atoms with Crippen LogP contribution < -0.4 is 15.4 Å². The van der Waals surface area contributed by atoms with Gasteiger partial charge in [0, 0.05) is 0 Å². The summed E-state index contributed by atoms with van der Waals surface area (Å²) in [6.07, 6.45) is 3.89. The first kappa shape index (κ1) is 14.2. The molecule has 4 rings (SSSR count). The van der Waals surface area contributed by atoms with Crippen molar-refractivity contribution in [2.75, 3.05) is 11.5 Å². The lowest BCUT2D eigenvalue weighted by molar-refractivity contribution is -0.121. The van der Waals surface area contributed by atoms with Gasteiger partial charge in [0.05, 0.1) is 11.2 Å². The number of aromatic nitrogens is 2. The molecule has 0 saturated heterocycles. The highest BCUT2D eigenvalue weighted by Gasteiger charge is 2.36. The van der Waals surface area contributed by atoms with E-state index in [0.29, 0.717) is 23.2 Å². The lowest BCUT2D eigenvalue weighted by Gasteiger charge is -2.28. The SMILES string of the molecule is NC1(c2noc(CN3C(=O)COc4ccccc43)n2)CCCC1. The molecule has 0 spiro atoms. The Morgan fingerprint density at radius 3 is 2.87 bits per heavy atom. The molecule has 2 N–H and O–H groups in total. The van der Waals surface area contributed by atoms with Crippen molar-refractivity contribution in [1.82, 2.24) is 10.1 Å². The third-order valence-corrected chi connectivity index (χ3v) is 4.51. The second-order valence-electron chi connectivity index (χ2n) is 6.11. The Labute approximate surface area is 133 Å². The van der Waals surface area contributed by atoms with Crippen molar-refractivity contribution in [3.63, 3.8) is 0 Å². The molecule has 23 heavy (non-hydrogen) atoms. The molecule has 1 aliphatic carbocycles. The number of nitrogens with two attached hydrogens (primary N) is 1. The number of carbonyl (C=O) groups is 1. The zero-order chi connectivity index (χ0) is 15.9. The summed E-state index contributed by atoms with van der Waals surface area (Å²) in [5.41, 5.74) is 6.57.